The number of carbonyl (C=O) groups is 2. The molecule has 4 aromatic rings. The van der Waals surface area contributed by atoms with Gasteiger partial charge >= 0.3 is 6.03 Å². The van der Waals surface area contributed by atoms with E-state index in [1.54, 1.807) is 17.9 Å². The fourth-order valence-electron chi connectivity index (χ4n) is 5.50. The van der Waals surface area contributed by atoms with Gasteiger partial charge in [-0.3, -0.25) is 15.0 Å². The lowest BCUT2D eigenvalue weighted by atomic mass is 9.94. The number of likely N-dealkylation sites (tertiary alicyclic amines) is 1. The molecule has 0 radical (unpaired) electrons. The molecule has 0 unspecified atom stereocenters. The molecule has 2 atom stereocenters. The van der Waals surface area contributed by atoms with Crippen LogP contribution in [0.3, 0.4) is 0 Å². The minimum Gasteiger partial charge on any atom is -0.445 e. The molecule has 1 aliphatic rings. The molecule has 3 amide bonds. The number of anilines is 1. The Morgan fingerprint density at radius 1 is 1.07 bits per heavy atom. The quantitative estimate of drug-likeness (QED) is 0.236. The predicted octanol–water partition coefficient (Wildman–Crippen LogP) is 4.14. The molecule has 5 rings (SSSR count). The van der Waals surface area contributed by atoms with Crippen molar-refractivity contribution in [3.63, 3.8) is 0 Å². The van der Waals surface area contributed by atoms with Gasteiger partial charge in [-0.25, -0.2) is 18.9 Å². The third kappa shape index (κ3) is 6.71. The van der Waals surface area contributed by atoms with E-state index in [9.17, 15) is 14.0 Å². The number of urea groups is 1. The number of hydrogen-bond donors (Lipinski definition) is 3. The summed E-state index contributed by atoms with van der Waals surface area (Å²) in [4.78, 5) is 32.6. The van der Waals surface area contributed by atoms with Gasteiger partial charge in [-0.1, -0.05) is 48.5 Å². The van der Waals surface area contributed by atoms with Crippen molar-refractivity contribution in [2.45, 2.75) is 18.9 Å². The zero-order valence-electron chi connectivity index (χ0n) is 24.9. The summed E-state index contributed by atoms with van der Waals surface area (Å²) in [6, 6.07) is 20.6. The molecule has 1 saturated heterocycles. The Kier molecular flexibility index (Phi) is 9.82. The van der Waals surface area contributed by atoms with Gasteiger partial charge in [-0.15, -0.1) is 0 Å². The van der Waals surface area contributed by atoms with E-state index in [1.165, 1.54) is 13.2 Å². The highest BCUT2D eigenvalue weighted by atomic mass is 19.1. The van der Waals surface area contributed by atoms with Crippen LogP contribution in [0, 0.1) is 6.92 Å². The van der Waals surface area contributed by atoms with E-state index in [2.05, 4.69) is 38.0 Å². The summed E-state index contributed by atoms with van der Waals surface area (Å²) in [7, 11) is 3.15. The molecule has 2 aromatic heterocycles. The molecule has 1 fully saturated rings. The van der Waals surface area contributed by atoms with Crippen molar-refractivity contribution in [2.75, 3.05) is 52.6 Å². The molecule has 44 heavy (non-hydrogen) atoms. The molecule has 230 valence electrons. The monoisotopic (exact) mass is 601 g/mol. The maximum atomic E-state index is 13.6. The summed E-state index contributed by atoms with van der Waals surface area (Å²) in [6.45, 7) is 3.56. The molecule has 3 heterocycles. The number of halogens is 1. The number of amides is 3. The number of carbonyl (C=O) groups excluding carboxylic acids is 2. The maximum Gasteiger partial charge on any atom is 0.320 e. The van der Waals surface area contributed by atoms with E-state index < -0.39 is 12.8 Å². The van der Waals surface area contributed by atoms with Crippen LogP contribution in [-0.4, -0.2) is 84.9 Å². The number of alkyl halides is 1. The highest BCUT2D eigenvalue weighted by Gasteiger charge is 2.35. The van der Waals surface area contributed by atoms with Crippen LogP contribution >= 0.6 is 0 Å². The van der Waals surface area contributed by atoms with Crippen LogP contribution in [0.2, 0.25) is 0 Å². The second-order valence-corrected chi connectivity index (χ2v) is 10.5. The lowest BCUT2D eigenvalue weighted by Crippen LogP contribution is -2.42. The van der Waals surface area contributed by atoms with Gasteiger partial charge in [0.2, 0.25) is 12.7 Å². The normalized spacial score (nSPS) is 16.5. The van der Waals surface area contributed by atoms with Crippen molar-refractivity contribution in [2.24, 2.45) is 0 Å². The number of benzene rings is 2. The highest BCUT2D eigenvalue weighted by molar-refractivity contribution is 5.97. The molecule has 1 aliphatic heterocycles. The van der Waals surface area contributed by atoms with Crippen LogP contribution in [0.5, 0.6) is 5.88 Å². The minimum absolute atomic E-state index is 0.0646. The van der Waals surface area contributed by atoms with Gasteiger partial charge in [0.1, 0.15) is 11.4 Å². The van der Waals surface area contributed by atoms with E-state index in [0.29, 0.717) is 35.8 Å². The number of hydrogen-bond acceptors (Lipinski definition) is 7. The van der Waals surface area contributed by atoms with Crippen LogP contribution in [-0.2, 0) is 4.74 Å². The smallest absolute Gasteiger partial charge is 0.320 e. The summed E-state index contributed by atoms with van der Waals surface area (Å²) in [6.07, 6.45) is 1.46. The minimum atomic E-state index is -1.13. The fourth-order valence-corrected chi connectivity index (χ4v) is 5.50. The summed E-state index contributed by atoms with van der Waals surface area (Å²) in [5.74, 6) is -0.0455. The first kappa shape index (κ1) is 30.6. The van der Waals surface area contributed by atoms with E-state index >= 15 is 0 Å². The van der Waals surface area contributed by atoms with Crippen molar-refractivity contribution in [1.29, 1.82) is 0 Å². The molecule has 0 bridgehead atoms. The number of aromatic nitrogens is 3. The summed E-state index contributed by atoms with van der Waals surface area (Å²) in [5.41, 5.74) is 3.59. The number of nitrogens with zero attached hydrogens (tertiary/aromatic N) is 4. The molecular weight excluding hydrogens is 565 g/mol. The first-order valence-corrected chi connectivity index (χ1v) is 14.3. The second kappa shape index (κ2) is 14.1. The molecule has 0 aliphatic carbocycles. The maximum absolute atomic E-state index is 13.6. The third-order valence-electron chi connectivity index (χ3n) is 7.69. The number of nitrogens with one attached hydrogen (secondary N) is 3. The SMILES string of the molecule is CNC(=O)c1cc(-c2nn(-c3ccccc3)c(NC(=O)N[C@@H]3CN(CCOC)C[C@H]3c3ccccc3)c2C)cnc1OCF. The summed E-state index contributed by atoms with van der Waals surface area (Å²) >= 11 is 0. The first-order valence-electron chi connectivity index (χ1n) is 14.3. The average Bonchev–Trinajstić information content (AvgIpc) is 3.60. The van der Waals surface area contributed by atoms with Crippen molar-refractivity contribution in [3.05, 3.63) is 89.6 Å². The number of para-hydroxylation sites is 1. The topological polar surface area (TPSA) is 123 Å². The number of methoxy groups -OCH3 is 1. The molecule has 3 N–H and O–H groups in total. The first-order chi connectivity index (χ1) is 21.4. The van der Waals surface area contributed by atoms with E-state index in [1.807, 2.05) is 55.5 Å². The second-order valence-electron chi connectivity index (χ2n) is 10.5. The van der Waals surface area contributed by atoms with Crippen LogP contribution in [0.1, 0.15) is 27.4 Å². The van der Waals surface area contributed by atoms with E-state index in [0.717, 1.165) is 24.3 Å². The van der Waals surface area contributed by atoms with Crippen LogP contribution < -0.4 is 20.7 Å². The molecule has 0 saturated carbocycles. The Morgan fingerprint density at radius 2 is 1.80 bits per heavy atom. The molecule has 0 spiro atoms. The van der Waals surface area contributed by atoms with Gasteiger partial charge < -0.3 is 20.1 Å². The Bertz CT molecular complexity index is 1580. The van der Waals surface area contributed by atoms with Crippen molar-refractivity contribution in [3.8, 4) is 22.8 Å². The lowest BCUT2D eigenvalue weighted by Gasteiger charge is -2.21. The Morgan fingerprint density at radius 3 is 2.48 bits per heavy atom. The van der Waals surface area contributed by atoms with Gasteiger partial charge in [0.15, 0.2) is 0 Å². The molecule has 2 aromatic carbocycles. The average molecular weight is 602 g/mol. The van der Waals surface area contributed by atoms with E-state index in [-0.39, 0.29) is 29.4 Å². The summed E-state index contributed by atoms with van der Waals surface area (Å²) in [5, 5.41) is 13.6. The fraction of sp³-hybridized carbons (Fsp3) is 0.312. The van der Waals surface area contributed by atoms with Gasteiger partial charge in [-0.05, 0) is 30.7 Å². The van der Waals surface area contributed by atoms with E-state index in [4.69, 9.17) is 14.6 Å². The van der Waals surface area contributed by atoms with Crippen LogP contribution in [0.25, 0.3) is 16.9 Å². The molecular formula is C32H36FN7O4. The Balaban J connectivity index is 1.46. The zero-order chi connectivity index (χ0) is 31.1. The third-order valence-corrected chi connectivity index (χ3v) is 7.69. The molecule has 11 nitrogen and oxygen atoms in total. The molecule has 12 heteroatoms. The number of rotatable bonds is 11. The highest BCUT2D eigenvalue weighted by Crippen LogP contribution is 2.33. The lowest BCUT2D eigenvalue weighted by molar-refractivity contribution is 0.0954. The number of pyridine rings is 1. The van der Waals surface area contributed by atoms with Crippen molar-refractivity contribution < 1.29 is 23.5 Å². The van der Waals surface area contributed by atoms with Crippen molar-refractivity contribution in [1.82, 2.24) is 30.3 Å². The van der Waals surface area contributed by atoms with Gasteiger partial charge in [0, 0.05) is 57.0 Å². The van der Waals surface area contributed by atoms with Crippen LogP contribution in [0.4, 0.5) is 15.0 Å². The van der Waals surface area contributed by atoms with Gasteiger partial charge in [-0.2, -0.15) is 5.10 Å². The predicted molar refractivity (Wildman–Crippen MR) is 165 cm³/mol. The van der Waals surface area contributed by atoms with Gasteiger partial charge in [0.25, 0.3) is 5.91 Å². The van der Waals surface area contributed by atoms with Gasteiger partial charge in [0.05, 0.1) is 24.0 Å². The van der Waals surface area contributed by atoms with Crippen molar-refractivity contribution >= 4 is 17.8 Å². The Labute approximate surface area is 255 Å². The van der Waals surface area contributed by atoms with Crippen LogP contribution in [0.15, 0.2) is 72.9 Å². The Hall–Kier alpha value is -4.81. The summed E-state index contributed by atoms with van der Waals surface area (Å²) < 4.78 is 24.8. The largest absolute Gasteiger partial charge is 0.445 e. The standard InChI is InChI=1S/C32H36FN7O4/c1-21-28(23-16-25(30(41)34-2)31(35-17-23)44-20-33)38-40(24-12-8-5-9-13-24)29(21)37-32(42)36-27-19-39(14-15-43-3)18-26(27)22-10-6-4-7-11-22/h4-13,16-17,26-27H,14-15,18-20H2,1-3H3,(H,34,41)(H2,36,37,42)/t26-,27+/m0/s1. The number of ether oxygens (including phenoxy) is 2. The zero-order valence-corrected chi connectivity index (χ0v) is 24.9.